The van der Waals surface area contributed by atoms with Crippen LogP contribution in [0, 0.1) is 22.6 Å². The first-order chi connectivity index (χ1) is 7.64. The van der Waals surface area contributed by atoms with Crippen LogP contribution in [-0.4, -0.2) is 0 Å². The minimum atomic E-state index is -1.72. The molecule has 2 unspecified atom stereocenters. The van der Waals surface area contributed by atoms with E-state index in [0.717, 1.165) is 0 Å². The van der Waals surface area contributed by atoms with Crippen LogP contribution in [0.3, 0.4) is 0 Å². The molecular weight excluding hydrogens is 168 g/mol. The molecule has 0 aliphatic heterocycles. The highest BCUT2D eigenvalue weighted by Gasteiger charge is 2.38. The summed E-state index contributed by atoms with van der Waals surface area (Å²) in [7, 11) is 0. The molecule has 14 heavy (non-hydrogen) atoms. The maximum atomic E-state index is 8.68. The molecule has 0 aromatic carbocycles. The second kappa shape index (κ2) is 3.40. The molecule has 0 heterocycles. The van der Waals surface area contributed by atoms with E-state index in [0.29, 0.717) is 5.57 Å². The normalized spacial score (nSPS) is 42.9. The third-order valence-corrected chi connectivity index (χ3v) is 2.78. The van der Waals surface area contributed by atoms with Crippen molar-refractivity contribution in [3.63, 3.8) is 0 Å². The summed E-state index contributed by atoms with van der Waals surface area (Å²) in [5, 5.41) is 0. The molecule has 0 N–H and O–H groups in total. The summed E-state index contributed by atoms with van der Waals surface area (Å²) in [4.78, 5) is 0. The molecular formula is C14H26. The van der Waals surface area contributed by atoms with Gasteiger partial charge in [0.05, 0.1) is 1.37 Å². The van der Waals surface area contributed by atoms with Gasteiger partial charge in [-0.3, -0.25) is 0 Å². The molecule has 1 aliphatic carbocycles. The molecule has 0 spiro atoms. The zero-order valence-electron chi connectivity index (χ0n) is 14.6. The van der Waals surface area contributed by atoms with Crippen molar-refractivity contribution in [2.45, 2.75) is 54.8 Å². The van der Waals surface area contributed by atoms with Gasteiger partial charge < -0.3 is 0 Å². The first kappa shape index (κ1) is 7.09. The quantitative estimate of drug-likeness (QED) is 0.497. The zero-order valence-corrected chi connectivity index (χ0v) is 10.6. The van der Waals surface area contributed by atoms with Gasteiger partial charge >= 0.3 is 0 Å². The molecule has 0 aromatic rings. The molecule has 0 radical (unpaired) electrons. The molecule has 1 aliphatic rings. The molecule has 0 heteroatoms. The highest BCUT2D eigenvalue weighted by Crippen LogP contribution is 2.48. The lowest BCUT2D eigenvalue weighted by Gasteiger charge is -2.35. The number of allylic oxidation sites excluding steroid dienone is 2. The van der Waals surface area contributed by atoms with Crippen LogP contribution in [0.25, 0.3) is 0 Å². The van der Waals surface area contributed by atoms with Crippen LogP contribution in [-0.2, 0) is 0 Å². The van der Waals surface area contributed by atoms with Gasteiger partial charge in [-0.05, 0) is 29.0 Å². The van der Waals surface area contributed by atoms with Gasteiger partial charge in [-0.15, -0.1) is 0 Å². The van der Waals surface area contributed by atoms with Crippen LogP contribution in [0.1, 0.15) is 60.3 Å². The van der Waals surface area contributed by atoms with Gasteiger partial charge in [-0.25, -0.2) is 0 Å². The Morgan fingerprint density at radius 2 is 1.86 bits per heavy atom. The molecule has 2 atom stereocenters. The molecule has 0 nitrogen and oxygen atoms in total. The Morgan fingerprint density at radius 3 is 2.07 bits per heavy atom. The van der Waals surface area contributed by atoms with E-state index in [4.69, 9.17) is 5.48 Å². The maximum absolute atomic E-state index is 8.68. The molecule has 0 saturated carbocycles. The minimum Gasteiger partial charge on any atom is -0.0842 e. The molecule has 0 saturated heterocycles. The first-order valence-electron chi connectivity index (χ1n) is 7.37. The predicted octanol–water partition coefficient (Wildman–Crippen LogP) is 4.66. The fraction of sp³-hybridized carbons (Fsp3) is 0.857. The minimum absolute atomic E-state index is 0.0208. The van der Waals surface area contributed by atoms with Crippen LogP contribution >= 0.6 is 0 Å². The predicted molar refractivity (Wildman–Crippen MR) is 64.3 cm³/mol. The van der Waals surface area contributed by atoms with Crippen molar-refractivity contribution in [3.8, 4) is 0 Å². The lowest BCUT2D eigenvalue weighted by Crippen LogP contribution is -2.26. The van der Waals surface area contributed by atoms with E-state index in [-0.39, 0.29) is 16.9 Å². The molecule has 0 aromatic heterocycles. The zero-order chi connectivity index (χ0) is 14.7. The molecule has 0 amide bonds. The highest BCUT2D eigenvalue weighted by atomic mass is 14.4. The van der Waals surface area contributed by atoms with Crippen LogP contribution in [0.2, 0.25) is 0 Å². The van der Waals surface area contributed by atoms with Gasteiger partial charge in [-0.1, -0.05) is 60.1 Å². The Morgan fingerprint density at radius 1 is 1.36 bits per heavy atom. The maximum Gasteiger partial charge on any atom is 0.0576 e. The Bertz CT molecular complexity index is 378. The summed E-state index contributed by atoms with van der Waals surface area (Å²) >= 11 is 0. The Hall–Kier alpha value is -0.260. The summed E-state index contributed by atoms with van der Waals surface area (Å²) in [5.41, 5.74) is -0.0554. The summed E-state index contributed by atoms with van der Waals surface area (Å²) in [6.07, 6.45) is -1.72. The number of hydrogen-bond donors (Lipinski definition) is 0. The van der Waals surface area contributed by atoms with E-state index in [1.807, 2.05) is 41.5 Å². The van der Waals surface area contributed by atoms with Crippen molar-refractivity contribution in [1.82, 2.24) is 0 Å². The smallest absolute Gasteiger partial charge is 0.0576 e. The van der Waals surface area contributed by atoms with Gasteiger partial charge in [0.1, 0.15) is 0 Å². The van der Waals surface area contributed by atoms with Gasteiger partial charge in [0.15, 0.2) is 0 Å². The van der Waals surface area contributed by atoms with Crippen molar-refractivity contribution in [2.75, 3.05) is 0 Å². The van der Waals surface area contributed by atoms with E-state index in [1.165, 1.54) is 0 Å². The largest absolute Gasteiger partial charge is 0.0842 e. The second-order valence-corrected chi connectivity index (χ2v) is 6.38. The lowest BCUT2D eigenvalue weighted by atomic mass is 9.70. The van der Waals surface area contributed by atoms with Crippen molar-refractivity contribution in [1.29, 1.82) is 0 Å². The van der Waals surface area contributed by atoms with Crippen molar-refractivity contribution < 1.29 is 5.48 Å². The van der Waals surface area contributed by atoms with Crippen molar-refractivity contribution in [2.24, 2.45) is 22.6 Å². The monoisotopic (exact) mass is 198 g/mol. The molecule has 0 fully saturated rings. The van der Waals surface area contributed by atoms with Crippen LogP contribution < -0.4 is 0 Å². The van der Waals surface area contributed by atoms with Gasteiger partial charge in [0.2, 0.25) is 0 Å². The Labute approximate surface area is 95.4 Å². The Kier molecular flexibility index (Phi) is 1.72. The highest BCUT2D eigenvalue weighted by molar-refractivity contribution is 5.21. The van der Waals surface area contributed by atoms with E-state index < -0.39 is 18.2 Å². The average molecular weight is 198 g/mol. The van der Waals surface area contributed by atoms with Crippen LogP contribution in [0.15, 0.2) is 11.6 Å². The molecule has 82 valence electrons. The first-order valence-corrected chi connectivity index (χ1v) is 5.37. The molecule has 1 rings (SSSR count). The van der Waals surface area contributed by atoms with Gasteiger partial charge in [0.25, 0.3) is 0 Å². The summed E-state index contributed by atoms with van der Waals surface area (Å²) in [6, 6.07) is 0.0208. The lowest BCUT2D eigenvalue weighted by molar-refractivity contribution is 0.193. The van der Waals surface area contributed by atoms with E-state index in [9.17, 15) is 0 Å². The topological polar surface area (TPSA) is 0 Å². The van der Waals surface area contributed by atoms with Gasteiger partial charge in [-0.2, -0.15) is 0 Å². The van der Waals surface area contributed by atoms with Crippen molar-refractivity contribution >= 4 is 0 Å². The standard InChI is InChI=1S/C14H26/c1-10-11(13(2,3)4)8-9-12(10)14(5,6)7/h8,10,12H,9H2,1-7H3/i8D,9D2,10D. The summed E-state index contributed by atoms with van der Waals surface area (Å²) < 4.78 is 33.4. The van der Waals surface area contributed by atoms with E-state index in [1.54, 1.807) is 6.92 Å². The van der Waals surface area contributed by atoms with Crippen LogP contribution in [0.4, 0.5) is 0 Å². The summed E-state index contributed by atoms with van der Waals surface area (Å²) in [5.74, 6) is -1.53. The second-order valence-electron chi connectivity index (χ2n) is 6.38. The fourth-order valence-corrected chi connectivity index (χ4v) is 2.14. The van der Waals surface area contributed by atoms with Crippen molar-refractivity contribution in [3.05, 3.63) is 11.6 Å². The van der Waals surface area contributed by atoms with Gasteiger partial charge in [0, 0.05) is 4.11 Å². The van der Waals surface area contributed by atoms with E-state index >= 15 is 0 Å². The third-order valence-electron chi connectivity index (χ3n) is 2.78. The molecule has 0 bridgehead atoms. The average Bonchev–Trinajstić information content (AvgIpc) is 2.08. The third kappa shape index (κ3) is 2.21. The number of rotatable bonds is 0. The summed E-state index contributed by atoms with van der Waals surface area (Å²) in [6.45, 7) is 13.5. The Balaban J connectivity index is 3.53. The number of hydrogen-bond acceptors (Lipinski definition) is 0. The van der Waals surface area contributed by atoms with Crippen LogP contribution in [0.5, 0.6) is 0 Å². The SMILES string of the molecule is [2H]C1=C(C(C)(C)C)C([2H])(C)C(C(C)(C)C)C1([2H])[2H]. The van der Waals surface area contributed by atoms with E-state index in [2.05, 4.69) is 0 Å². The fourth-order valence-electron chi connectivity index (χ4n) is 2.14.